The van der Waals surface area contributed by atoms with Crippen molar-refractivity contribution in [3.8, 4) is 0 Å². The second-order valence-corrected chi connectivity index (χ2v) is 7.77. The van der Waals surface area contributed by atoms with Gasteiger partial charge in [-0.3, -0.25) is 4.79 Å². The number of hydrogen-bond donors (Lipinski definition) is 2. The topological polar surface area (TPSA) is 49.3 Å². The zero-order valence-electron chi connectivity index (χ0n) is 13.0. The van der Waals surface area contributed by atoms with Gasteiger partial charge in [0.15, 0.2) is 0 Å². The van der Waals surface area contributed by atoms with Crippen LogP contribution < -0.4 is 5.32 Å². The third-order valence-electron chi connectivity index (χ3n) is 2.92. The molecule has 3 nitrogen and oxygen atoms in total. The van der Waals surface area contributed by atoms with Gasteiger partial charge in [-0.15, -0.1) is 11.8 Å². The van der Waals surface area contributed by atoms with E-state index in [-0.39, 0.29) is 5.54 Å². The summed E-state index contributed by atoms with van der Waals surface area (Å²) < 4.78 is 0. The van der Waals surface area contributed by atoms with Crippen LogP contribution >= 0.6 is 11.8 Å². The summed E-state index contributed by atoms with van der Waals surface area (Å²) >= 11 is 1.59. The van der Waals surface area contributed by atoms with Crippen LogP contribution in [0.3, 0.4) is 0 Å². The minimum atomic E-state index is -0.754. The second kappa shape index (κ2) is 6.64. The normalized spacial score (nSPS) is 12.4. The van der Waals surface area contributed by atoms with Gasteiger partial charge in [-0.05, 0) is 52.3 Å². The first kappa shape index (κ1) is 17.1. The quantitative estimate of drug-likeness (QED) is 0.784. The maximum Gasteiger partial charge on any atom is 0.309 e. The molecular formula is C16H25NO2S. The molecule has 0 aliphatic rings. The maximum absolute atomic E-state index is 11.1. The van der Waals surface area contributed by atoms with Crippen molar-refractivity contribution in [2.75, 3.05) is 5.75 Å². The highest BCUT2D eigenvalue weighted by Gasteiger charge is 2.26. The minimum Gasteiger partial charge on any atom is -0.481 e. The highest BCUT2D eigenvalue weighted by atomic mass is 32.2. The van der Waals surface area contributed by atoms with E-state index in [2.05, 4.69) is 50.4 Å². The van der Waals surface area contributed by atoms with Crippen molar-refractivity contribution in [3.05, 3.63) is 29.8 Å². The predicted molar refractivity (Wildman–Crippen MR) is 85.2 cm³/mol. The Kier molecular flexibility index (Phi) is 5.66. The van der Waals surface area contributed by atoms with E-state index in [1.807, 2.05) is 0 Å². The van der Waals surface area contributed by atoms with Crippen LogP contribution in [0.1, 0.15) is 40.2 Å². The average molecular weight is 295 g/mol. The molecule has 0 bridgehead atoms. The molecule has 1 aromatic rings. The molecule has 0 unspecified atom stereocenters. The van der Waals surface area contributed by atoms with Gasteiger partial charge in [-0.25, -0.2) is 0 Å². The number of carbonyl (C=O) groups is 1. The minimum absolute atomic E-state index is 0.110. The molecule has 0 saturated carbocycles. The molecule has 0 fully saturated rings. The smallest absolute Gasteiger partial charge is 0.309 e. The third kappa shape index (κ3) is 5.97. The standard InChI is InChI=1S/C16H25NO2S/c1-15(2,3)17-10-12-6-8-13(9-7-12)20-11-16(4,5)14(18)19/h6-9,17H,10-11H2,1-5H3,(H,18,19). The Morgan fingerprint density at radius 1 is 1.15 bits per heavy atom. The number of hydrogen-bond acceptors (Lipinski definition) is 3. The summed E-state index contributed by atoms with van der Waals surface area (Å²) in [7, 11) is 0. The van der Waals surface area contributed by atoms with E-state index in [1.165, 1.54) is 5.56 Å². The van der Waals surface area contributed by atoms with Crippen LogP contribution in [-0.4, -0.2) is 22.4 Å². The van der Waals surface area contributed by atoms with Gasteiger partial charge in [0, 0.05) is 22.7 Å². The van der Waals surface area contributed by atoms with Crippen molar-refractivity contribution >= 4 is 17.7 Å². The third-order valence-corrected chi connectivity index (χ3v) is 4.40. The van der Waals surface area contributed by atoms with Crippen LogP contribution in [0.25, 0.3) is 0 Å². The predicted octanol–water partition coefficient (Wildman–Crippen LogP) is 3.78. The van der Waals surface area contributed by atoms with Gasteiger partial charge in [0.05, 0.1) is 5.41 Å². The molecule has 1 aromatic carbocycles. The summed E-state index contributed by atoms with van der Waals surface area (Å²) in [5.41, 5.74) is 0.651. The van der Waals surface area contributed by atoms with E-state index in [9.17, 15) is 4.79 Å². The number of aliphatic carboxylic acids is 1. The van der Waals surface area contributed by atoms with E-state index < -0.39 is 11.4 Å². The monoisotopic (exact) mass is 295 g/mol. The van der Waals surface area contributed by atoms with Gasteiger partial charge >= 0.3 is 5.97 Å². The van der Waals surface area contributed by atoms with Crippen molar-refractivity contribution in [2.45, 2.75) is 51.6 Å². The Morgan fingerprint density at radius 3 is 2.15 bits per heavy atom. The van der Waals surface area contributed by atoms with Gasteiger partial charge in [0.1, 0.15) is 0 Å². The molecule has 0 atom stereocenters. The van der Waals surface area contributed by atoms with Crippen molar-refractivity contribution in [3.63, 3.8) is 0 Å². The fourth-order valence-electron chi connectivity index (χ4n) is 1.40. The zero-order valence-corrected chi connectivity index (χ0v) is 13.8. The van der Waals surface area contributed by atoms with Gasteiger partial charge < -0.3 is 10.4 Å². The van der Waals surface area contributed by atoms with E-state index >= 15 is 0 Å². The lowest BCUT2D eigenvalue weighted by Crippen LogP contribution is -2.35. The first-order valence-corrected chi connectivity index (χ1v) is 7.79. The molecule has 0 radical (unpaired) electrons. The molecule has 112 valence electrons. The van der Waals surface area contributed by atoms with E-state index in [1.54, 1.807) is 25.6 Å². The van der Waals surface area contributed by atoms with Crippen LogP contribution in [0.5, 0.6) is 0 Å². The Labute approximate surface area is 126 Å². The van der Waals surface area contributed by atoms with Gasteiger partial charge in [0.2, 0.25) is 0 Å². The molecule has 0 amide bonds. The molecule has 20 heavy (non-hydrogen) atoms. The Morgan fingerprint density at radius 2 is 1.70 bits per heavy atom. The van der Waals surface area contributed by atoms with Crippen LogP contribution in [0, 0.1) is 5.41 Å². The van der Waals surface area contributed by atoms with Gasteiger partial charge in [-0.2, -0.15) is 0 Å². The summed E-state index contributed by atoms with van der Waals surface area (Å²) in [6.45, 7) is 10.8. The number of thioether (sulfide) groups is 1. The lowest BCUT2D eigenvalue weighted by Gasteiger charge is -2.21. The molecule has 0 spiro atoms. The molecule has 4 heteroatoms. The van der Waals surface area contributed by atoms with Crippen molar-refractivity contribution in [1.82, 2.24) is 5.32 Å². The highest BCUT2D eigenvalue weighted by molar-refractivity contribution is 7.99. The number of rotatable bonds is 6. The number of benzene rings is 1. The fraction of sp³-hybridized carbons (Fsp3) is 0.562. The maximum atomic E-state index is 11.1. The van der Waals surface area contributed by atoms with Crippen LogP contribution in [-0.2, 0) is 11.3 Å². The zero-order chi connectivity index (χ0) is 15.4. The van der Waals surface area contributed by atoms with Gasteiger partial charge in [0.25, 0.3) is 0 Å². The fourth-order valence-corrected chi connectivity index (χ4v) is 2.38. The average Bonchev–Trinajstić information content (AvgIpc) is 2.34. The number of nitrogens with one attached hydrogen (secondary N) is 1. The number of carboxylic acids is 1. The molecule has 0 aliphatic heterocycles. The molecule has 0 aliphatic carbocycles. The molecule has 0 aromatic heterocycles. The molecule has 0 heterocycles. The summed E-state index contributed by atoms with van der Waals surface area (Å²) in [5.74, 6) is -0.182. The Hall–Kier alpha value is -1.00. The lowest BCUT2D eigenvalue weighted by molar-refractivity contribution is -0.145. The van der Waals surface area contributed by atoms with Crippen molar-refractivity contribution in [1.29, 1.82) is 0 Å². The van der Waals surface area contributed by atoms with Crippen molar-refractivity contribution in [2.24, 2.45) is 5.41 Å². The SMILES string of the molecule is CC(C)(C)NCc1ccc(SCC(C)(C)C(=O)O)cc1. The first-order chi connectivity index (χ1) is 9.10. The van der Waals surface area contributed by atoms with Crippen LogP contribution in [0.15, 0.2) is 29.2 Å². The van der Waals surface area contributed by atoms with E-state index in [0.717, 1.165) is 11.4 Å². The largest absolute Gasteiger partial charge is 0.481 e. The summed E-state index contributed by atoms with van der Waals surface area (Å²) in [5, 5.41) is 12.5. The first-order valence-electron chi connectivity index (χ1n) is 6.80. The lowest BCUT2D eigenvalue weighted by atomic mass is 9.97. The second-order valence-electron chi connectivity index (χ2n) is 6.73. The summed E-state index contributed by atoms with van der Waals surface area (Å²) in [6, 6.07) is 8.30. The summed E-state index contributed by atoms with van der Waals surface area (Å²) in [6.07, 6.45) is 0. The van der Waals surface area contributed by atoms with Crippen LogP contribution in [0.4, 0.5) is 0 Å². The molecule has 1 rings (SSSR count). The molecule has 0 saturated heterocycles. The Balaban J connectivity index is 2.53. The molecular weight excluding hydrogens is 270 g/mol. The van der Waals surface area contributed by atoms with E-state index in [0.29, 0.717) is 5.75 Å². The van der Waals surface area contributed by atoms with E-state index in [4.69, 9.17) is 5.11 Å². The molecule has 2 N–H and O–H groups in total. The van der Waals surface area contributed by atoms with Crippen LogP contribution in [0.2, 0.25) is 0 Å². The summed E-state index contributed by atoms with van der Waals surface area (Å²) in [4.78, 5) is 12.2. The van der Waals surface area contributed by atoms with Crippen molar-refractivity contribution < 1.29 is 9.90 Å². The van der Waals surface area contributed by atoms with Gasteiger partial charge in [-0.1, -0.05) is 12.1 Å². The number of carboxylic acid groups (broad SMARTS) is 1. The highest BCUT2D eigenvalue weighted by Crippen LogP contribution is 2.28. The Bertz CT molecular complexity index is 447.